The molecule has 0 atom stereocenters. The van der Waals surface area contributed by atoms with E-state index in [1.165, 1.54) is 30.3 Å². The number of benzene rings is 2. The topological polar surface area (TPSA) is 127 Å². The quantitative estimate of drug-likeness (QED) is 0.788. The van der Waals surface area contributed by atoms with Crippen molar-refractivity contribution in [1.82, 2.24) is 0 Å². The van der Waals surface area contributed by atoms with E-state index in [-0.39, 0.29) is 21.7 Å². The number of aromatic carboxylic acids is 1. The zero-order chi connectivity index (χ0) is 16.3. The SMILES string of the molecule is N#Cc1cccc(S(=O)(=O)Nc2ccc(C(=O)O)c(O)c2)c1. The van der Waals surface area contributed by atoms with Crippen LogP contribution in [0.3, 0.4) is 0 Å². The maximum Gasteiger partial charge on any atom is 0.339 e. The summed E-state index contributed by atoms with van der Waals surface area (Å²) in [7, 11) is -3.96. The Bertz CT molecular complexity index is 884. The van der Waals surface area contributed by atoms with E-state index in [9.17, 15) is 18.3 Å². The zero-order valence-corrected chi connectivity index (χ0v) is 11.8. The van der Waals surface area contributed by atoms with E-state index >= 15 is 0 Å². The number of rotatable bonds is 4. The number of sulfonamides is 1. The molecule has 0 saturated carbocycles. The average molecular weight is 318 g/mol. The van der Waals surface area contributed by atoms with E-state index < -0.39 is 21.7 Å². The molecule has 0 bridgehead atoms. The molecule has 2 aromatic rings. The van der Waals surface area contributed by atoms with Gasteiger partial charge < -0.3 is 10.2 Å². The van der Waals surface area contributed by atoms with Crippen molar-refractivity contribution in [3.8, 4) is 11.8 Å². The minimum absolute atomic E-state index is 0.00450. The summed E-state index contributed by atoms with van der Waals surface area (Å²) in [5.41, 5.74) is -0.147. The zero-order valence-electron chi connectivity index (χ0n) is 11.0. The molecule has 0 aliphatic heterocycles. The van der Waals surface area contributed by atoms with Crippen LogP contribution in [0.15, 0.2) is 47.4 Å². The van der Waals surface area contributed by atoms with E-state index in [0.717, 1.165) is 12.1 Å². The number of phenols is 1. The van der Waals surface area contributed by atoms with Crippen LogP contribution in [0.4, 0.5) is 5.69 Å². The van der Waals surface area contributed by atoms with Crippen LogP contribution in [-0.4, -0.2) is 24.6 Å². The third-order valence-electron chi connectivity index (χ3n) is 2.75. The van der Waals surface area contributed by atoms with Crippen LogP contribution >= 0.6 is 0 Å². The minimum Gasteiger partial charge on any atom is -0.507 e. The minimum atomic E-state index is -3.96. The molecule has 0 amide bonds. The van der Waals surface area contributed by atoms with Gasteiger partial charge in [-0.1, -0.05) is 6.07 Å². The Morgan fingerprint density at radius 3 is 2.50 bits per heavy atom. The lowest BCUT2D eigenvalue weighted by molar-refractivity contribution is 0.0694. The predicted octanol–water partition coefficient (Wildman–Crippen LogP) is 1.76. The molecule has 22 heavy (non-hydrogen) atoms. The molecule has 2 rings (SSSR count). The molecule has 0 aliphatic carbocycles. The summed E-state index contributed by atoms with van der Waals surface area (Å²) >= 11 is 0. The first-order valence-corrected chi connectivity index (χ1v) is 7.41. The smallest absolute Gasteiger partial charge is 0.339 e. The lowest BCUT2D eigenvalue weighted by atomic mass is 10.2. The third kappa shape index (κ3) is 3.16. The molecule has 0 heterocycles. The molecular weight excluding hydrogens is 308 g/mol. The highest BCUT2D eigenvalue weighted by Gasteiger charge is 2.16. The summed E-state index contributed by atoms with van der Waals surface area (Å²) in [6.07, 6.45) is 0. The fourth-order valence-corrected chi connectivity index (χ4v) is 2.82. The Labute approximate surface area is 126 Å². The van der Waals surface area contributed by atoms with Gasteiger partial charge in [0.25, 0.3) is 10.0 Å². The number of carboxylic acid groups (broad SMARTS) is 1. The number of aromatic hydroxyl groups is 1. The van der Waals surface area contributed by atoms with Crippen molar-refractivity contribution in [3.05, 3.63) is 53.6 Å². The van der Waals surface area contributed by atoms with Crippen LogP contribution in [0.2, 0.25) is 0 Å². The van der Waals surface area contributed by atoms with Crippen LogP contribution in [0.5, 0.6) is 5.75 Å². The van der Waals surface area contributed by atoms with Crippen LogP contribution in [0, 0.1) is 11.3 Å². The van der Waals surface area contributed by atoms with Gasteiger partial charge in [-0.25, -0.2) is 13.2 Å². The summed E-state index contributed by atoms with van der Waals surface area (Å²) in [4.78, 5) is 10.7. The second-order valence-corrected chi connectivity index (χ2v) is 5.96. The number of nitrogens with zero attached hydrogens (tertiary/aromatic N) is 1. The van der Waals surface area contributed by atoms with E-state index in [2.05, 4.69) is 4.72 Å². The number of hydrogen-bond donors (Lipinski definition) is 3. The van der Waals surface area contributed by atoms with Crippen molar-refractivity contribution in [3.63, 3.8) is 0 Å². The first-order valence-electron chi connectivity index (χ1n) is 5.93. The summed E-state index contributed by atoms with van der Waals surface area (Å²) in [5.74, 6) is -1.88. The van der Waals surface area contributed by atoms with Gasteiger partial charge in [0, 0.05) is 6.07 Å². The first-order chi connectivity index (χ1) is 10.3. The monoisotopic (exact) mass is 318 g/mol. The molecule has 0 aliphatic rings. The van der Waals surface area contributed by atoms with Crippen LogP contribution in [0.1, 0.15) is 15.9 Å². The maximum atomic E-state index is 12.2. The first kappa shape index (κ1) is 15.3. The van der Waals surface area contributed by atoms with Gasteiger partial charge in [0.1, 0.15) is 11.3 Å². The van der Waals surface area contributed by atoms with Gasteiger partial charge in [-0.3, -0.25) is 4.72 Å². The highest BCUT2D eigenvalue weighted by molar-refractivity contribution is 7.92. The maximum absolute atomic E-state index is 12.2. The molecule has 0 unspecified atom stereocenters. The number of hydrogen-bond acceptors (Lipinski definition) is 5. The van der Waals surface area contributed by atoms with E-state index in [1.807, 2.05) is 6.07 Å². The molecule has 0 fully saturated rings. The van der Waals surface area contributed by atoms with Crippen molar-refractivity contribution in [2.45, 2.75) is 4.90 Å². The Kier molecular flexibility index (Phi) is 4.01. The number of anilines is 1. The number of carbonyl (C=O) groups is 1. The number of nitriles is 1. The molecule has 112 valence electrons. The molecule has 8 heteroatoms. The van der Waals surface area contributed by atoms with Crippen molar-refractivity contribution < 1.29 is 23.4 Å². The second-order valence-electron chi connectivity index (χ2n) is 4.28. The summed E-state index contributed by atoms with van der Waals surface area (Å²) in [6, 6.07) is 10.5. The van der Waals surface area contributed by atoms with Gasteiger partial charge in [-0.05, 0) is 30.3 Å². The van der Waals surface area contributed by atoms with Crippen LogP contribution < -0.4 is 4.72 Å². The lowest BCUT2D eigenvalue weighted by Gasteiger charge is -2.09. The molecule has 2 aromatic carbocycles. The molecule has 0 saturated heterocycles. The molecule has 0 spiro atoms. The fourth-order valence-electron chi connectivity index (χ4n) is 1.72. The summed E-state index contributed by atoms with van der Waals surface area (Å²) in [6.45, 7) is 0. The van der Waals surface area contributed by atoms with Gasteiger partial charge in [0.2, 0.25) is 0 Å². The Morgan fingerprint density at radius 1 is 1.18 bits per heavy atom. The van der Waals surface area contributed by atoms with Crippen LogP contribution in [0.25, 0.3) is 0 Å². The number of nitrogens with one attached hydrogen (secondary N) is 1. The van der Waals surface area contributed by atoms with E-state index in [1.54, 1.807) is 0 Å². The Hall–Kier alpha value is -3.05. The molecule has 0 aromatic heterocycles. The lowest BCUT2D eigenvalue weighted by Crippen LogP contribution is -2.13. The largest absolute Gasteiger partial charge is 0.507 e. The van der Waals surface area contributed by atoms with Crippen LogP contribution in [-0.2, 0) is 10.0 Å². The molecular formula is C14H10N2O5S. The summed E-state index contributed by atoms with van der Waals surface area (Å²) < 4.78 is 26.6. The van der Waals surface area contributed by atoms with Crippen molar-refractivity contribution in [1.29, 1.82) is 5.26 Å². The van der Waals surface area contributed by atoms with Crippen molar-refractivity contribution >= 4 is 21.7 Å². The van der Waals surface area contributed by atoms with Gasteiger partial charge in [0.15, 0.2) is 0 Å². The standard InChI is InChI=1S/C14H10N2O5S/c15-8-9-2-1-3-11(6-9)22(20,21)16-10-4-5-12(14(18)19)13(17)7-10/h1-7,16-17H,(H,18,19). The number of carboxylic acids is 1. The summed E-state index contributed by atoms with van der Waals surface area (Å²) in [5, 5.41) is 27.1. The predicted molar refractivity (Wildman–Crippen MR) is 77.0 cm³/mol. The molecule has 7 nitrogen and oxygen atoms in total. The Morgan fingerprint density at radius 2 is 1.91 bits per heavy atom. The Balaban J connectivity index is 2.35. The fraction of sp³-hybridized carbons (Fsp3) is 0. The molecule has 0 radical (unpaired) electrons. The van der Waals surface area contributed by atoms with Gasteiger partial charge >= 0.3 is 5.97 Å². The highest BCUT2D eigenvalue weighted by atomic mass is 32.2. The third-order valence-corrected chi connectivity index (χ3v) is 4.13. The van der Waals surface area contributed by atoms with Crippen molar-refractivity contribution in [2.24, 2.45) is 0 Å². The average Bonchev–Trinajstić information content (AvgIpc) is 2.46. The van der Waals surface area contributed by atoms with Gasteiger partial charge in [0.05, 0.1) is 22.2 Å². The highest BCUT2D eigenvalue weighted by Crippen LogP contribution is 2.24. The van der Waals surface area contributed by atoms with Gasteiger partial charge in [-0.2, -0.15) is 5.26 Å². The van der Waals surface area contributed by atoms with E-state index in [4.69, 9.17) is 10.4 Å². The van der Waals surface area contributed by atoms with Gasteiger partial charge in [-0.15, -0.1) is 0 Å². The van der Waals surface area contributed by atoms with E-state index in [0.29, 0.717) is 0 Å². The molecule has 3 N–H and O–H groups in total. The second kappa shape index (κ2) is 5.75. The normalized spacial score (nSPS) is 10.7. The van der Waals surface area contributed by atoms with Crippen molar-refractivity contribution in [2.75, 3.05) is 4.72 Å².